The lowest BCUT2D eigenvalue weighted by Crippen LogP contribution is -2.38. The van der Waals surface area contributed by atoms with Gasteiger partial charge in [-0.2, -0.15) is 0 Å². The third-order valence-corrected chi connectivity index (χ3v) is 5.12. The minimum absolute atomic E-state index is 0.349. The summed E-state index contributed by atoms with van der Waals surface area (Å²) in [5.41, 5.74) is 5.07. The fraction of sp³-hybridized carbons (Fsp3) is 0.684. The zero-order valence-corrected chi connectivity index (χ0v) is 13.8. The van der Waals surface area contributed by atoms with Gasteiger partial charge in [-0.15, -0.1) is 0 Å². The lowest BCUT2D eigenvalue weighted by Gasteiger charge is -2.34. The van der Waals surface area contributed by atoms with Crippen LogP contribution in [0.5, 0.6) is 0 Å². The van der Waals surface area contributed by atoms with Crippen LogP contribution in [-0.4, -0.2) is 13.1 Å². The molecule has 1 heteroatoms. The molecule has 0 bridgehead atoms. The summed E-state index contributed by atoms with van der Waals surface area (Å²) in [6.45, 7) is 11.7. The van der Waals surface area contributed by atoms with Crippen LogP contribution in [0.3, 0.4) is 0 Å². The topological polar surface area (TPSA) is 12.0 Å². The maximum atomic E-state index is 3.63. The standard InChI is InChI=1S/C19H31N/c1-5-11-20-14-19(4,15(2)3)13-16-9-10-17-7-6-8-18(17)12-16/h9-10,12,15,20H,5-8,11,13-14H2,1-4H3. The summed E-state index contributed by atoms with van der Waals surface area (Å²) in [4.78, 5) is 0. The summed E-state index contributed by atoms with van der Waals surface area (Å²) in [5, 5.41) is 3.63. The van der Waals surface area contributed by atoms with Crippen LogP contribution in [0.1, 0.15) is 57.2 Å². The molecule has 2 rings (SSSR count). The molecule has 0 aromatic heterocycles. The lowest BCUT2D eigenvalue weighted by molar-refractivity contribution is 0.207. The minimum Gasteiger partial charge on any atom is -0.316 e. The molecule has 1 aromatic carbocycles. The Bertz CT molecular complexity index is 435. The Hall–Kier alpha value is -0.820. The Morgan fingerprint density at radius 1 is 1.20 bits per heavy atom. The number of fused-ring (bicyclic) bond motifs is 1. The van der Waals surface area contributed by atoms with Gasteiger partial charge in [-0.1, -0.05) is 45.9 Å². The van der Waals surface area contributed by atoms with Gasteiger partial charge < -0.3 is 5.32 Å². The highest BCUT2D eigenvalue weighted by Gasteiger charge is 2.28. The molecule has 1 unspecified atom stereocenters. The first-order valence-electron chi connectivity index (χ1n) is 8.36. The van der Waals surface area contributed by atoms with Gasteiger partial charge >= 0.3 is 0 Å². The Morgan fingerprint density at radius 2 is 1.95 bits per heavy atom. The second kappa shape index (κ2) is 6.76. The van der Waals surface area contributed by atoms with Crippen molar-refractivity contribution in [1.29, 1.82) is 0 Å². The largest absolute Gasteiger partial charge is 0.316 e. The molecule has 0 amide bonds. The smallest absolute Gasteiger partial charge is 0.00108 e. The SMILES string of the molecule is CCCNCC(C)(Cc1ccc2c(c1)CCC2)C(C)C. The van der Waals surface area contributed by atoms with Crippen LogP contribution in [0.4, 0.5) is 0 Å². The van der Waals surface area contributed by atoms with Crippen LogP contribution in [0.25, 0.3) is 0 Å². The molecule has 1 atom stereocenters. The van der Waals surface area contributed by atoms with Gasteiger partial charge in [0.1, 0.15) is 0 Å². The molecule has 0 fully saturated rings. The fourth-order valence-corrected chi connectivity index (χ4v) is 3.22. The Labute approximate surface area is 125 Å². The van der Waals surface area contributed by atoms with E-state index in [1.807, 2.05) is 0 Å². The summed E-state index contributed by atoms with van der Waals surface area (Å²) < 4.78 is 0. The van der Waals surface area contributed by atoms with Crippen molar-refractivity contribution in [3.8, 4) is 0 Å². The molecule has 0 radical (unpaired) electrons. The Balaban J connectivity index is 2.07. The lowest BCUT2D eigenvalue weighted by atomic mass is 9.74. The fourth-order valence-electron chi connectivity index (χ4n) is 3.22. The van der Waals surface area contributed by atoms with Crippen LogP contribution in [0, 0.1) is 11.3 Å². The number of hydrogen-bond acceptors (Lipinski definition) is 1. The van der Waals surface area contributed by atoms with Crippen LogP contribution in [0.15, 0.2) is 18.2 Å². The molecular weight excluding hydrogens is 242 g/mol. The zero-order valence-electron chi connectivity index (χ0n) is 13.8. The van der Waals surface area contributed by atoms with Crippen molar-refractivity contribution >= 4 is 0 Å². The van der Waals surface area contributed by atoms with Gasteiger partial charge in [0.25, 0.3) is 0 Å². The quantitative estimate of drug-likeness (QED) is 0.727. The van der Waals surface area contributed by atoms with Gasteiger partial charge in [0.2, 0.25) is 0 Å². The first-order chi connectivity index (χ1) is 9.55. The van der Waals surface area contributed by atoms with Crippen molar-refractivity contribution in [2.75, 3.05) is 13.1 Å². The van der Waals surface area contributed by atoms with Gasteiger partial charge in [0.15, 0.2) is 0 Å². The second-order valence-corrected chi connectivity index (χ2v) is 7.12. The monoisotopic (exact) mass is 273 g/mol. The number of hydrogen-bond donors (Lipinski definition) is 1. The van der Waals surface area contributed by atoms with E-state index in [0.717, 1.165) is 13.1 Å². The zero-order chi connectivity index (χ0) is 14.6. The molecule has 1 aliphatic rings. The highest BCUT2D eigenvalue weighted by molar-refractivity contribution is 5.35. The van der Waals surface area contributed by atoms with Gasteiger partial charge in [0.05, 0.1) is 0 Å². The number of aryl methyl sites for hydroxylation is 2. The summed E-state index contributed by atoms with van der Waals surface area (Å²) >= 11 is 0. The van der Waals surface area contributed by atoms with E-state index in [1.165, 1.54) is 37.7 Å². The molecule has 0 saturated heterocycles. The van der Waals surface area contributed by atoms with E-state index in [-0.39, 0.29) is 0 Å². The first-order valence-corrected chi connectivity index (χ1v) is 8.36. The van der Waals surface area contributed by atoms with Gasteiger partial charge in [0, 0.05) is 6.54 Å². The van der Waals surface area contributed by atoms with Gasteiger partial charge in [-0.05, 0) is 66.7 Å². The second-order valence-electron chi connectivity index (χ2n) is 7.12. The molecule has 1 aliphatic carbocycles. The average molecular weight is 273 g/mol. The van der Waals surface area contributed by atoms with Gasteiger partial charge in [-0.25, -0.2) is 0 Å². The normalized spacial score (nSPS) is 17.2. The Morgan fingerprint density at radius 3 is 2.65 bits per heavy atom. The van der Waals surface area contributed by atoms with Crippen molar-refractivity contribution in [3.63, 3.8) is 0 Å². The predicted molar refractivity (Wildman–Crippen MR) is 88.3 cm³/mol. The van der Waals surface area contributed by atoms with E-state index in [1.54, 1.807) is 11.1 Å². The van der Waals surface area contributed by atoms with Crippen LogP contribution < -0.4 is 5.32 Å². The van der Waals surface area contributed by atoms with Crippen molar-refractivity contribution in [2.45, 2.75) is 59.8 Å². The van der Waals surface area contributed by atoms with Gasteiger partial charge in [-0.3, -0.25) is 0 Å². The maximum absolute atomic E-state index is 3.63. The third kappa shape index (κ3) is 3.63. The number of benzene rings is 1. The van der Waals surface area contributed by atoms with E-state index in [0.29, 0.717) is 11.3 Å². The molecular formula is C19H31N. The van der Waals surface area contributed by atoms with Crippen molar-refractivity contribution in [2.24, 2.45) is 11.3 Å². The summed E-state index contributed by atoms with van der Waals surface area (Å²) in [6, 6.07) is 7.21. The van der Waals surface area contributed by atoms with Crippen molar-refractivity contribution in [1.82, 2.24) is 5.32 Å². The molecule has 0 aliphatic heterocycles. The molecule has 0 heterocycles. The molecule has 112 valence electrons. The molecule has 0 spiro atoms. The summed E-state index contributed by atoms with van der Waals surface area (Å²) in [7, 11) is 0. The Kier molecular flexibility index (Phi) is 5.26. The molecule has 1 aromatic rings. The van der Waals surface area contributed by atoms with E-state index >= 15 is 0 Å². The highest BCUT2D eigenvalue weighted by atomic mass is 14.9. The molecule has 1 nitrogen and oxygen atoms in total. The van der Waals surface area contributed by atoms with Crippen LogP contribution >= 0.6 is 0 Å². The minimum atomic E-state index is 0.349. The molecule has 0 saturated carbocycles. The summed E-state index contributed by atoms with van der Waals surface area (Å²) in [6.07, 6.45) is 6.32. The maximum Gasteiger partial charge on any atom is 0.00108 e. The first kappa shape index (κ1) is 15.6. The summed E-state index contributed by atoms with van der Waals surface area (Å²) in [5.74, 6) is 0.695. The average Bonchev–Trinajstić information content (AvgIpc) is 2.86. The van der Waals surface area contributed by atoms with E-state index in [9.17, 15) is 0 Å². The van der Waals surface area contributed by atoms with E-state index < -0.39 is 0 Å². The van der Waals surface area contributed by atoms with Crippen LogP contribution in [-0.2, 0) is 19.3 Å². The number of nitrogens with one attached hydrogen (secondary N) is 1. The van der Waals surface area contributed by atoms with E-state index in [4.69, 9.17) is 0 Å². The third-order valence-electron chi connectivity index (χ3n) is 5.12. The predicted octanol–water partition coefficient (Wildman–Crippen LogP) is 4.38. The molecule has 1 N–H and O–H groups in total. The van der Waals surface area contributed by atoms with Crippen LogP contribution in [0.2, 0.25) is 0 Å². The number of rotatable bonds is 7. The van der Waals surface area contributed by atoms with Crippen molar-refractivity contribution < 1.29 is 0 Å². The van der Waals surface area contributed by atoms with Crippen molar-refractivity contribution in [3.05, 3.63) is 34.9 Å². The highest BCUT2D eigenvalue weighted by Crippen LogP contribution is 2.32. The van der Waals surface area contributed by atoms with E-state index in [2.05, 4.69) is 51.2 Å². The molecule has 20 heavy (non-hydrogen) atoms.